The molecule has 0 aliphatic rings. The number of hydrogen-bond donors (Lipinski definition) is 1. The van der Waals surface area contributed by atoms with Crippen molar-refractivity contribution in [1.82, 2.24) is 0 Å². The molecule has 3 rings (SSSR count). The van der Waals surface area contributed by atoms with E-state index in [-0.39, 0.29) is 9.92 Å². The summed E-state index contributed by atoms with van der Waals surface area (Å²) in [7, 11) is -3.73. The van der Waals surface area contributed by atoms with Crippen molar-refractivity contribution in [1.29, 1.82) is 0 Å². The molecule has 3 aromatic carbocycles. The highest BCUT2D eigenvalue weighted by atomic mass is 79.9. The minimum atomic E-state index is -3.73. The monoisotopic (exact) mass is 395 g/mol. The van der Waals surface area contributed by atoms with Gasteiger partial charge in [-0.2, -0.15) is 0 Å². The molecule has 0 fully saturated rings. The van der Waals surface area contributed by atoms with Gasteiger partial charge in [0.15, 0.2) is 0 Å². The lowest BCUT2D eigenvalue weighted by molar-refractivity contribution is 0.601. The second-order valence-electron chi connectivity index (χ2n) is 4.74. The van der Waals surface area contributed by atoms with Gasteiger partial charge in [0.1, 0.15) is 4.90 Å². The molecule has 0 aliphatic heterocycles. The Bertz CT molecular complexity index is 957. The van der Waals surface area contributed by atoms with Crippen LogP contribution in [0.25, 0.3) is 10.8 Å². The van der Waals surface area contributed by atoms with Crippen molar-refractivity contribution >= 4 is 54.0 Å². The molecule has 22 heavy (non-hydrogen) atoms. The van der Waals surface area contributed by atoms with Crippen LogP contribution in [-0.4, -0.2) is 8.42 Å². The summed E-state index contributed by atoms with van der Waals surface area (Å²) in [6, 6.07) is 17.8. The quantitative estimate of drug-likeness (QED) is 0.673. The van der Waals surface area contributed by atoms with Crippen molar-refractivity contribution in [2.24, 2.45) is 0 Å². The van der Waals surface area contributed by atoms with Crippen molar-refractivity contribution < 1.29 is 8.42 Å². The lowest BCUT2D eigenvalue weighted by Gasteiger charge is -2.10. The SMILES string of the molecule is O=S(=O)(Nc1ccc2ccccc2c1)c1ccc(Br)cc1Cl. The Balaban J connectivity index is 1.99. The van der Waals surface area contributed by atoms with E-state index < -0.39 is 10.0 Å². The van der Waals surface area contributed by atoms with Gasteiger partial charge in [0.2, 0.25) is 0 Å². The van der Waals surface area contributed by atoms with Crippen LogP contribution in [-0.2, 0) is 10.0 Å². The van der Waals surface area contributed by atoms with Crippen molar-refractivity contribution in [3.63, 3.8) is 0 Å². The van der Waals surface area contributed by atoms with Crippen LogP contribution in [0.5, 0.6) is 0 Å². The third-order valence-corrected chi connectivity index (χ3v) is 5.54. The third-order valence-electron chi connectivity index (χ3n) is 3.19. The number of nitrogens with one attached hydrogen (secondary N) is 1. The van der Waals surface area contributed by atoms with Gasteiger partial charge in [-0.05, 0) is 41.1 Å². The number of halogens is 2. The summed E-state index contributed by atoms with van der Waals surface area (Å²) in [6.07, 6.45) is 0. The summed E-state index contributed by atoms with van der Waals surface area (Å²) in [4.78, 5) is 0.0468. The Labute approximate surface area is 142 Å². The van der Waals surface area contributed by atoms with Gasteiger partial charge in [-0.3, -0.25) is 4.72 Å². The molecule has 3 aromatic rings. The maximum atomic E-state index is 12.5. The summed E-state index contributed by atoms with van der Waals surface area (Å²) in [5.74, 6) is 0. The molecular weight excluding hydrogens is 386 g/mol. The zero-order chi connectivity index (χ0) is 15.7. The molecule has 0 unspecified atom stereocenters. The molecule has 6 heteroatoms. The van der Waals surface area contributed by atoms with Crippen LogP contribution in [0.2, 0.25) is 5.02 Å². The number of anilines is 1. The van der Waals surface area contributed by atoms with Gasteiger partial charge in [0, 0.05) is 10.2 Å². The van der Waals surface area contributed by atoms with Gasteiger partial charge in [-0.25, -0.2) is 8.42 Å². The molecule has 1 N–H and O–H groups in total. The Kier molecular flexibility index (Phi) is 4.12. The molecule has 0 saturated carbocycles. The first kappa shape index (κ1) is 15.3. The van der Waals surface area contributed by atoms with E-state index in [9.17, 15) is 8.42 Å². The lowest BCUT2D eigenvalue weighted by Crippen LogP contribution is -2.13. The number of sulfonamides is 1. The first-order chi connectivity index (χ1) is 10.5. The molecule has 0 atom stereocenters. The Morgan fingerprint density at radius 2 is 1.64 bits per heavy atom. The van der Waals surface area contributed by atoms with Crippen LogP contribution >= 0.6 is 27.5 Å². The first-order valence-corrected chi connectivity index (χ1v) is 9.08. The van der Waals surface area contributed by atoms with E-state index in [4.69, 9.17) is 11.6 Å². The van der Waals surface area contributed by atoms with E-state index in [1.54, 1.807) is 24.3 Å². The molecule has 0 aromatic heterocycles. The zero-order valence-electron chi connectivity index (χ0n) is 11.3. The molecule has 0 spiro atoms. The van der Waals surface area contributed by atoms with Gasteiger partial charge >= 0.3 is 0 Å². The summed E-state index contributed by atoms with van der Waals surface area (Å²) >= 11 is 9.28. The minimum absolute atomic E-state index is 0.0468. The third kappa shape index (κ3) is 3.11. The molecule has 0 radical (unpaired) electrons. The lowest BCUT2D eigenvalue weighted by atomic mass is 10.1. The number of fused-ring (bicyclic) bond motifs is 1. The van der Waals surface area contributed by atoms with E-state index in [0.29, 0.717) is 5.69 Å². The standard InChI is InChI=1S/C16H11BrClNO2S/c17-13-6-8-16(15(18)10-13)22(20,21)19-14-7-5-11-3-1-2-4-12(11)9-14/h1-10,19H. The molecule has 0 bridgehead atoms. The molecular formula is C16H11BrClNO2S. The Morgan fingerprint density at radius 1 is 0.909 bits per heavy atom. The van der Waals surface area contributed by atoms with Crippen LogP contribution in [0, 0.1) is 0 Å². The summed E-state index contributed by atoms with van der Waals surface area (Å²) in [5.41, 5.74) is 0.498. The van der Waals surface area contributed by atoms with Gasteiger partial charge in [0.05, 0.1) is 5.02 Å². The number of benzene rings is 3. The van der Waals surface area contributed by atoms with Crippen molar-refractivity contribution in [2.45, 2.75) is 4.90 Å². The average molecular weight is 397 g/mol. The van der Waals surface area contributed by atoms with Crippen molar-refractivity contribution in [2.75, 3.05) is 4.72 Å². The predicted octanol–water partition coefficient (Wildman–Crippen LogP) is 5.06. The van der Waals surface area contributed by atoms with Crippen LogP contribution in [0.15, 0.2) is 70.0 Å². The highest BCUT2D eigenvalue weighted by Gasteiger charge is 2.18. The smallest absolute Gasteiger partial charge is 0.263 e. The van der Waals surface area contributed by atoms with Crippen LogP contribution in [0.3, 0.4) is 0 Å². The van der Waals surface area contributed by atoms with Crippen LogP contribution in [0.1, 0.15) is 0 Å². The Morgan fingerprint density at radius 3 is 2.36 bits per heavy atom. The first-order valence-electron chi connectivity index (χ1n) is 6.42. The highest BCUT2D eigenvalue weighted by Crippen LogP contribution is 2.27. The second kappa shape index (κ2) is 5.91. The second-order valence-corrected chi connectivity index (χ2v) is 7.72. The molecule has 0 aliphatic carbocycles. The fourth-order valence-corrected chi connectivity index (χ4v) is 4.24. The normalized spacial score (nSPS) is 11.5. The predicted molar refractivity (Wildman–Crippen MR) is 93.9 cm³/mol. The van der Waals surface area contributed by atoms with Gasteiger partial charge < -0.3 is 0 Å². The minimum Gasteiger partial charge on any atom is -0.280 e. The molecule has 3 nitrogen and oxygen atoms in total. The van der Waals surface area contributed by atoms with E-state index >= 15 is 0 Å². The molecule has 112 valence electrons. The fraction of sp³-hybridized carbons (Fsp3) is 0. The van der Waals surface area contributed by atoms with Crippen LogP contribution in [0.4, 0.5) is 5.69 Å². The van der Waals surface area contributed by atoms with Crippen molar-refractivity contribution in [3.8, 4) is 0 Å². The van der Waals surface area contributed by atoms with E-state index in [1.807, 2.05) is 30.3 Å². The van der Waals surface area contributed by atoms with Crippen molar-refractivity contribution in [3.05, 3.63) is 70.2 Å². The topological polar surface area (TPSA) is 46.2 Å². The maximum Gasteiger partial charge on any atom is 0.263 e. The van der Waals surface area contributed by atoms with Gasteiger partial charge in [-0.15, -0.1) is 0 Å². The molecule has 0 saturated heterocycles. The van der Waals surface area contributed by atoms with Gasteiger partial charge in [0.25, 0.3) is 10.0 Å². The maximum absolute atomic E-state index is 12.5. The molecule has 0 amide bonds. The van der Waals surface area contributed by atoms with E-state index in [0.717, 1.165) is 15.2 Å². The zero-order valence-corrected chi connectivity index (χ0v) is 14.4. The largest absolute Gasteiger partial charge is 0.280 e. The van der Waals surface area contributed by atoms with E-state index in [1.165, 1.54) is 6.07 Å². The average Bonchev–Trinajstić information content (AvgIpc) is 2.46. The van der Waals surface area contributed by atoms with Gasteiger partial charge in [-0.1, -0.05) is 57.9 Å². The number of hydrogen-bond acceptors (Lipinski definition) is 2. The highest BCUT2D eigenvalue weighted by molar-refractivity contribution is 9.10. The van der Waals surface area contributed by atoms with E-state index in [2.05, 4.69) is 20.7 Å². The summed E-state index contributed by atoms with van der Waals surface area (Å²) in [6.45, 7) is 0. The summed E-state index contributed by atoms with van der Waals surface area (Å²) in [5, 5.41) is 2.18. The number of rotatable bonds is 3. The Hall–Kier alpha value is -1.56. The summed E-state index contributed by atoms with van der Waals surface area (Å²) < 4.78 is 28.2. The molecule has 0 heterocycles. The van der Waals surface area contributed by atoms with Crippen LogP contribution < -0.4 is 4.72 Å². The fourth-order valence-electron chi connectivity index (χ4n) is 2.16.